The molecule has 3 aromatic rings. The third-order valence-electron chi connectivity index (χ3n) is 3.09. The number of fused-ring (bicyclic) bond motifs is 1. The molecule has 2 heterocycles. The molecule has 0 amide bonds. The lowest BCUT2D eigenvalue weighted by Crippen LogP contribution is -2.30. The van der Waals surface area contributed by atoms with Crippen LogP contribution in [-0.2, 0) is 6.42 Å². The van der Waals surface area contributed by atoms with Gasteiger partial charge in [0.15, 0.2) is 4.96 Å². The Morgan fingerprint density at radius 2 is 2.25 bits per heavy atom. The van der Waals surface area contributed by atoms with Crippen molar-refractivity contribution in [3.63, 3.8) is 0 Å². The normalized spacial score (nSPS) is 12.9. The van der Waals surface area contributed by atoms with Gasteiger partial charge in [-0.25, -0.2) is 13.8 Å². The van der Waals surface area contributed by atoms with Crippen molar-refractivity contribution in [3.8, 4) is 0 Å². The second-order valence-electron chi connectivity index (χ2n) is 4.41. The van der Waals surface area contributed by atoms with Gasteiger partial charge in [-0.1, -0.05) is 0 Å². The molecule has 0 aliphatic rings. The second-order valence-corrected chi connectivity index (χ2v) is 5.29. The summed E-state index contributed by atoms with van der Waals surface area (Å²) in [6, 6.07) is 2.80. The van der Waals surface area contributed by atoms with Crippen LogP contribution >= 0.6 is 11.3 Å². The molecule has 0 saturated heterocycles. The maximum absolute atomic E-state index is 13.8. The summed E-state index contributed by atoms with van der Waals surface area (Å²) in [7, 11) is 0. The van der Waals surface area contributed by atoms with E-state index in [0.717, 1.165) is 28.9 Å². The van der Waals surface area contributed by atoms with Gasteiger partial charge in [0.1, 0.15) is 11.6 Å². The summed E-state index contributed by atoms with van der Waals surface area (Å²) in [6.07, 6.45) is 4.13. The standard InChI is InChI=1S/C13H12F2N4S/c14-8-1-2-11(15)10(5-8)12(18-16)6-9-7-19-3-4-20-13(19)17-9/h1-5,7,12,18H,6,16H2. The Morgan fingerprint density at radius 3 is 3.00 bits per heavy atom. The van der Waals surface area contributed by atoms with Gasteiger partial charge < -0.3 is 0 Å². The highest BCUT2D eigenvalue weighted by atomic mass is 32.1. The molecule has 0 aliphatic carbocycles. The lowest BCUT2D eigenvalue weighted by atomic mass is 10.0. The predicted molar refractivity (Wildman–Crippen MR) is 73.2 cm³/mol. The third kappa shape index (κ3) is 2.43. The smallest absolute Gasteiger partial charge is 0.193 e. The number of hydrazine groups is 1. The summed E-state index contributed by atoms with van der Waals surface area (Å²) in [5.74, 6) is 4.49. The lowest BCUT2D eigenvalue weighted by molar-refractivity contribution is 0.500. The summed E-state index contributed by atoms with van der Waals surface area (Å²) in [5.41, 5.74) is 3.48. The van der Waals surface area contributed by atoms with Crippen LogP contribution in [0.1, 0.15) is 17.3 Å². The summed E-state index contributed by atoms with van der Waals surface area (Å²) in [5, 5.41) is 1.93. The van der Waals surface area contributed by atoms with Crippen LogP contribution in [0.25, 0.3) is 4.96 Å². The van der Waals surface area contributed by atoms with Crippen molar-refractivity contribution < 1.29 is 8.78 Å². The molecule has 0 bridgehead atoms. The number of nitrogens with zero attached hydrogens (tertiary/aromatic N) is 2. The van der Waals surface area contributed by atoms with Gasteiger partial charge in [-0.3, -0.25) is 15.7 Å². The number of nitrogens with two attached hydrogens (primary N) is 1. The molecule has 20 heavy (non-hydrogen) atoms. The Bertz CT molecular complexity index is 708. The van der Waals surface area contributed by atoms with Crippen LogP contribution in [0.3, 0.4) is 0 Å². The zero-order valence-corrected chi connectivity index (χ0v) is 11.2. The summed E-state index contributed by atoms with van der Waals surface area (Å²) < 4.78 is 28.9. The van der Waals surface area contributed by atoms with E-state index in [1.165, 1.54) is 11.3 Å². The fraction of sp³-hybridized carbons (Fsp3) is 0.154. The molecule has 1 unspecified atom stereocenters. The van der Waals surface area contributed by atoms with E-state index in [1.807, 2.05) is 22.2 Å². The monoisotopic (exact) mass is 294 g/mol. The van der Waals surface area contributed by atoms with Crippen LogP contribution in [0.5, 0.6) is 0 Å². The van der Waals surface area contributed by atoms with Crippen molar-refractivity contribution >= 4 is 16.3 Å². The molecule has 0 fully saturated rings. The Balaban J connectivity index is 1.89. The van der Waals surface area contributed by atoms with Gasteiger partial charge in [-0.15, -0.1) is 11.3 Å². The van der Waals surface area contributed by atoms with Crippen LogP contribution < -0.4 is 11.3 Å². The molecule has 7 heteroatoms. The second kappa shape index (κ2) is 5.28. The molecule has 2 aromatic heterocycles. The van der Waals surface area contributed by atoms with E-state index in [2.05, 4.69) is 10.4 Å². The minimum Gasteiger partial charge on any atom is -0.297 e. The molecule has 3 N–H and O–H groups in total. The highest BCUT2D eigenvalue weighted by molar-refractivity contribution is 7.15. The minimum atomic E-state index is -0.532. The molecule has 0 aliphatic heterocycles. The zero-order chi connectivity index (χ0) is 14.1. The number of thiazole rings is 1. The first-order valence-corrected chi connectivity index (χ1v) is 6.87. The van der Waals surface area contributed by atoms with Crippen LogP contribution in [0.15, 0.2) is 36.0 Å². The van der Waals surface area contributed by atoms with E-state index in [9.17, 15) is 8.78 Å². The fourth-order valence-electron chi connectivity index (χ4n) is 2.12. The third-order valence-corrected chi connectivity index (χ3v) is 3.86. The number of aromatic nitrogens is 2. The average Bonchev–Trinajstić information content (AvgIpc) is 3.00. The van der Waals surface area contributed by atoms with Crippen molar-refractivity contribution in [3.05, 3.63) is 58.9 Å². The van der Waals surface area contributed by atoms with Crippen LogP contribution in [0.4, 0.5) is 8.78 Å². The van der Waals surface area contributed by atoms with Crippen molar-refractivity contribution in [1.29, 1.82) is 0 Å². The Hall–Kier alpha value is -1.83. The first-order valence-electron chi connectivity index (χ1n) is 5.99. The lowest BCUT2D eigenvalue weighted by Gasteiger charge is -2.15. The summed E-state index contributed by atoms with van der Waals surface area (Å²) in [4.78, 5) is 5.26. The number of rotatable bonds is 4. The van der Waals surface area contributed by atoms with E-state index >= 15 is 0 Å². The SMILES string of the molecule is NNC(Cc1cn2ccsc2n1)c1cc(F)ccc1F. The van der Waals surface area contributed by atoms with Crippen molar-refractivity contribution in [2.45, 2.75) is 12.5 Å². The number of benzene rings is 1. The maximum Gasteiger partial charge on any atom is 0.193 e. The van der Waals surface area contributed by atoms with E-state index in [-0.39, 0.29) is 5.56 Å². The van der Waals surface area contributed by atoms with Gasteiger partial charge in [0, 0.05) is 29.8 Å². The molecule has 1 aromatic carbocycles. The van der Waals surface area contributed by atoms with Crippen LogP contribution in [0, 0.1) is 11.6 Å². The molecule has 1 atom stereocenters. The van der Waals surface area contributed by atoms with Gasteiger partial charge in [0.05, 0.1) is 11.7 Å². The first-order chi connectivity index (χ1) is 9.67. The van der Waals surface area contributed by atoms with Gasteiger partial charge in [-0.05, 0) is 18.2 Å². The molecule has 4 nitrogen and oxygen atoms in total. The van der Waals surface area contributed by atoms with Crippen LogP contribution in [0.2, 0.25) is 0 Å². The molecule has 104 valence electrons. The van der Waals surface area contributed by atoms with E-state index in [0.29, 0.717) is 6.42 Å². The minimum absolute atomic E-state index is 0.198. The fourth-order valence-corrected chi connectivity index (χ4v) is 2.84. The number of hydrogen-bond acceptors (Lipinski definition) is 4. The van der Waals surface area contributed by atoms with Crippen molar-refractivity contribution in [2.75, 3.05) is 0 Å². The average molecular weight is 294 g/mol. The number of hydrogen-bond donors (Lipinski definition) is 2. The van der Waals surface area contributed by atoms with E-state index < -0.39 is 17.7 Å². The summed E-state index contributed by atoms with van der Waals surface area (Å²) >= 11 is 1.51. The highest BCUT2D eigenvalue weighted by Crippen LogP contribution is 2.22. The van der Waals surface area contributed by atoms with Gasteiger partial charge in [0.25, 0.3) is 0 Å². The molecule has 3 rings (SSSR count). The molecule has 0 spiro atoms. The molecular formula is C13H12F2N4S. The zero-order valence-electron chi connectivity index (χ0n) is 10.4. The number of imidazole rings is 1. The van der Waals surface area contributed by atoms with Gasteiger partial charge >= 0.3 is 0 Å². The number of nitrogens with one attached hydrogen (secondary N) is 1. The molecule has 0 radical (unpaired) electrons. The topological polar surface area (TPSA) is 55.3 Å². The van der Waals surface area contributed by atoms with E-state index in [1.54, 1.807) is 0 Å². The predicted octanol–water partition coefficient (Wildman–Crippen LogP) is 2.42. The first kappa shape index (κ1) is 13.2. The van der Waals surface area contributed by atoms with Gasteiger partial charge in [0.2, 0.25) is 0 Å². The molecule has 0 saturated carbocycles. The van der Waals surface area contributed by atoms with Crippen molar-refractivity contribution in [1.82, 2.24) is 14.8 Å². The largest absolute Gasteiger partial charge is 0.297 e. The van der Waals surface area contributed by atoms with E-state index in [4.69, 9.17) is 5.84 Å². The van der Waals surface area contributed by atoms with Gasteiger partial charge in [-0.2, -0.15) is 0 Å². The Morgan fingerprint density at radius 1 is 1.40 bits per heavy atom. The molecular weight excluding hydrogens is 282 g/mol. The summed E-state index contributed by atoms with van der Waals surface area (Å²) in [6.45, 7) is 0. The Kier molecular flexibility index (Phi) is 3.47. The Labute approximate surface area is 117 Å². The number of halogens is 2. The highest BCUT2D eigenvalue weighted by Gasteiger charge is 2.17. The van der Waals surface area contributed by atoms with Crippen LogP contribution in [-0.4, -0.2) is 9.38 Å². The maximum atomic E-state index is 13.8. The quantitative estimate of drug-likeness (QED) is 0.574. The van der Waals surface area contributed by atoms with Crippen molar-refractivity contribution in [2.24, 2.45) is 5.84 Å².